The first-order valence-electron chi connectivity index (χ1n) is 5.87. The minimum Gasteiger partial charge on any atom is -0.370 e. The Balaban J connectivity index is 2.63. The molecule has 8 nitrogen and oxygen atoms in total. The highest BCUT2D eigenvalue weighted by Crippen LogP contribution is 2.12. The molecule has 0 aromatic carbocycles. The Bertz CT molecular complexity index is 517. The number of sulfonamides is 1. The number of hydrogen-bond acceptors (Lipinski definition) is 7. The third-order valence-electron chi connectivity index (χ3n) is 2.32. The Morgan fingerprint density at radius 3 is 2.37 bits per heavy atom. The van der Waals surface area contributed by atoms with Gasteiger partial charge in [0.05, 0.1) is 5.75 Å². The quantitative estimate of drug-likeness (QED) is 0.636. The van der Waals surface area contributed by atoms with Gasteiger partial charge in [-0.1, -0.05) is 0 Å². The molecule has 1 rings (SSSR count). The summed E-state index contributed by atoms with van der Waals surface area (Å²) in [5.41, 5.74) is 5.57. The molecule has 1 aromatic heterocycles. The van der Waals surface area contributed by atoms with Crippen molar-refractivity contribution in [2.24, 2.45) is 0 Å². The van der Waals surface area contributed by atoms with Crippen LogP contribution in [-0.4, -0.2) is 55.6 Å². The van der Waals surface area contributed by atoms with E-state index in [2.05, 4.69) is 20.6 Å². The molecule has 0 unspecified atom stereocenters. The number of nitrogen functional groups attached to an aromatic ring is 1. The van der Waals surface area contributed by atoms with Crippen molar-refractivity contribution >= 4 is 27.6 Å². The molecule has 0 bridgehead atoms. The van der Waals surface area contributed by atoms with Gasteiger partial charge in [-0.2, -0.15) is 9.97 Å². The fourth-order valence-electron chi connectivity index (χ4n) is 1.32. The lowest BCUT2D eigenvalue weighted by Crippen LogP contribution is -2.28. The maximum Gasteiger partial charge on any atom is 0.223 e. The van der Waals surface area contributed by atoms with E-state index in [1.807, 2.05) is 6.92 Å². The van der Waals surface area contributed by atoms with Gasteiger partial charge in [0.25, 0.3) is 0 Å². The van der Waals surface area contributed by atoms with Gasteiger partial charge in [0.1, 0.15) is 11.6 Å². The summed E-state index contributed by atoms with van der Waals surface area (Å²) >= 11 is 0. The number of nitrogens with two attached hydrogens (primary N) is 1. The van der Waals surface area contributed by atoms with Gasteiger partial charge in [0, 0.05) is 33.3 Å². The lowest BCUT2D eigenvalue weighted by Gasteiger charge is -2.12. The average Bonchev–Trinajstić information content (AvgIpc) is 2.28. The van der Waals surface area contributed by atoms with Crippen molar-refractivity contribution in [3.8, 4) is 0 Å². The molecule has 1 heterocycles. The zero-order chi connectivity index (χ0) is 14.5. The number of nitrogens with zero attached hydrogens (tertiary/aromatic N) is 3. The molecule has 0 fully saturated rings. The van der Waals surface area contributed by atoms with Gasteiger partial charge in [-0.15, -0.1) is 0 Å². The van der Waals surface area contributed by atoms with E-state index >= 15 is 0 Å². The van der Waals surface area contributed by atoms with Gasteiger partial charge >= 0.3 is 0 Å². The zero-order valence-corrected chi connectivity index (χ0v) is 12.2. The van der Waals surface area contributed by atoms with Crippen molar-refractivity contribution in [2.45, 2.75) is 6.92 Å². The van der Waals surface area contributed by atoms with Gasteiger partial charge in [-0.05, 0) is 6.92 Å². The van der Waals surface area contributed by atoms with E-state index in [1.54, 1.807) is 6.07 Å². The predicted molar refractivity (Wildman–Crippen MR) is 76.6 cm³/mol. The minimum atomic E-state index is -3.22. The second-order valence-electron chi connectivity index (χ2n) is 4.05. The number of hydrogen-bond donors (Lipinski definition) is 3. The molecule has 1 aromatic rings. The second-order valence-corrected chi connectivity index (χ2v) is 6.35. The molecule has 0 aliphatic rings. The summed E-state index contributed by atoms with van der Waals surface area (Å²) in [6, 6.07) is 1.68. The third-order valence-corrected chi connectivity index (χ3v) is 4.16. The zero-order valence-electron chi connectivity index (χ0n) is 11.3. The van der Waals surface area contributed by atoms with Crippen LogP contribution >= 0.6 is 0 Å². The monoisotopic (exact) mass is 288 g/mol. The summed E-state index contributed by atoms with van der Waals surface area (Å²) < 4.78 is 24.3. The number of nitrogens with one attached hydrogen (secondary N) is 2. The van der Waals surface area contributed by atoms with Gasteiger partial charge in [0.15, 0.2) is 0 Å². The van der Waals surface area contributed by atoms with Crippen LogP contribution in [0.1, 0.15) is 6.92 Å². The van der Waals surface area contributed by atoms with Crippen LogP contribution < -0.4 is 16.4 Å². The van der Waals surface area contributed by atoms with Crippen LogP contribution in [-0.2, 0) is 10.0 Å². The Kier molecular flexibility index (Phi) is 5.31. The van der Waals surface area contributed by atoms with Crippen LogP contribution in [0.3, 0.4) is 0 Å². The molecule has 4 N–H and O–H groups in total. The van der Waals surface area contributed by atoms with E-state index in [4.69, 9.17) is 5.73 Å². The Hall–Kier alpha value is -1.61. The van der Waals surface area contributed by atoms with Crippen LogP contribution in [0.5, 0.6) is 0 Å². The van der Waals surface area contributed by atoms with Crippen molar-refractivity contribution in [1.82, 2.24) is 14.3 Å². The normalized spacial score (nSPS) is 11.6. The van der Waals surface area contributed by atoms with Crippen molar-refractivity contribution < 1.29 is 8.42 Å². The Labute approximate surface area is 113 Å². The molecule has 0 aliphatic carbocycles. The maximum atomic E-state index is 11.6. The van der Waals surface area contributed by atoms with E-state index < -0.39 is 10.0 Å². The largest absolute Gasteiger partial charge is 0.370 e. The average molecular weight is 288 g/mol. The van der Waals surface area contributed by atoms with Crippen LogP contribution in [0.2, 0.25) is 0 Å². The van der Waals surface area contributed by atoms with Crippen LogP contribution in [0.15, 0.2) is 6.07 Å². The summed E-state index contributed by atoms with van der Waals surface area (Å²) in [5, 5.41) is 5.93. The summed E-state index contributed by atoms with van der Waals surface area (Å²) in [6.07, 6.45) is 0. The summed E-state index contributed by atoms with van der Waals surface area (Å²) in [4.78, 5) is 7.99. The van der Waals surface area contributed by atoms with E-state index in [9.17, 15) is 8.42 Å². The Morgan fingerprint density at radius 1 is 1.26 bits per heavy atom. The molecule has 0 saturated carbocycles. The number of rotatable bonds is 7. The Morgan fingerprint density at radius 2 is 1.84 bits per heavy atom. The number of aromatic nitrogens is 2. The molecular weight excluding hydrogens is 268 g/mol. The minimum absolute atomic E-state index is 0.0134. The molecular formula is C10H20N6O2S. The highest BCUT2D eigenvalue weighted by atomic mass is 32.2. The lowest BCUT2D eigenvalue weighted by atomic mass is 10.5. The molecule has 0 aliphatic heterocycles. The van der Waals surface area contributed by atoms with E-state index in [1.165, 1.54) is 18.4 Å². The predicted octanol–water partition coefficient (Wildman–Crippen LogP) is -0.206. The van der Waals surface area contributed by atoms with E-state index in [-0.39, 0.29) is 18.2 Å². The van der Waals surface area contributed by atoms with Crippen molar-refractivity contribution in [3.63, 3.8) is 0 Å². The van der Waals surface area contributed by atoms with Crippen molar-refractivity contribution in [3.05, 3.63) is 6.07 Å². The SMILES string of the molecule is CCNc1cc(NCCS(=O)(=O)N(C)C)nc(N)n1. The molecule has 19 heavy (non-hydrogen) atoms. The van der Waals surface area contributed by atoms with Crippen LogP contribution in [0.4, 0.5) is 17.6 Å². The molecule has 0 amide bonds. The van der Waals surface area contributed by atoms with Crippen molar-refractivity contribution in [1.29, 1.82) is 0 Å². The first-order chi connectivity index (χ1) is 8.85. The van der Waals surface area contributed by atoms with Gasteiger partial charge in [-0.3, -0.25) is 0 Å². The first kappa shape index (κ1) is 15.4. The van der Waals surface area contributed by atoms with Gasteiger partial charge in [0.2, 0.25) is 16.0 Å². The van der Waals surface area contributed by atoms with Gasteiger partial charge in [-0.25, -0.2) is 12.7 Å². The number of anilines is 3. The third kappa shape index (κ3) is 4.87. The van der Waals surface area contributed by atoms with Crippen LogP contribution in [0, 0.1) is 0 Å². The first-order valence-corrected chi connectivity index (χ1v) is 7.48. The lowest BCUT2D eigenvalue weighted by molar-refractivity contribution is 0.521. The molecule has 108 valence electrons. The fraction of sp³-hybridized carbons (Fsp3) is 0.600. The molecule has 0 atom stereocenters. The standard InChI is InChI=1S/C10H20N6O2S/c1-4-12-8-7-9(15-10(11)14-8)13-5-6-19(17,18)16(2)3/h7H,4-6H2,1-3H3,(H4,11,12,13,14,15). The van der Waals surface area contributed by atoms with E-state index in [0.717, 1.165) is 0 Å². The molecule has 0 spiro atoms. The summed E-state index contributed by atoms with van der Waals surface area (Å²) in [7, 11) is -0.216. The summed E-state index contributed by atoms with van der Waals surface area (Å²) in [5.74, 6) is 1.22. The maximum absolute atomic E-state index is 11.6. The van der Waals surface area contributed by atoms with Crippen molar-refractivity contribution in [2.75, 3.05) is 49.3 Å². The summed E-state index contributed by atoms with van der Waals surface area (Å²) in [6.45, 7) is 2.91. The molecule has 0 saturated heterocycles. The fourth-order valence-corrected chi connectivity index (χ4v) is 2.04. The molecule has 9 heteroatoms. The van der Waals surface area contributed by atoms with Gasteiger partial charge < -0.3 is 16.4 Å². The molecule has 0 radical (unpaired) electrons. The van der Waals surface area contributed by atoms with E-state index in [0.29, 0.717) is 18.2 Å². The highest BCUT2D eigenvalue weighted by Gasteiger charge is 2.12. The smallest absolute Gasteiger partial charge is 0.223 e. The topological polar surface area (TPSA) is 113 Å². The van der Waals surface area contributed by atoms with Crippen LogP contribution in [0.25, 0.3) is 0 Å². The second kappa shape index (κ2) is 6.53. The highest BCUT2D eigenvalue weighted by molar-refractivity contribution is 7.89.